The first kappa shape index (κ1) is 14.1. The number of aromatic nitrogens is 2. The lowest BCUT2D eigenvalue weighted by Gasteiger charge is -2.26. The molecule has 0 bridgehead atoms. The van der Waals surface area contributed by atoms with Crippen LogP contribution in [0.15, 0.2) is 0 Å². The van der Waals surface area contributed by atoms with Crippen LogP contribution >= 0.6 is 0 Å². The van der Waals surface area contributed by atoms with Gasteiger partial charge in [-0.05, 0) is 32.1 Å². The predicted octanol–water partition coefficient (Wildman–Crippen LogP) is 2.94. The molecule has 0 unspecified atom stereocenters. The standard InChI is InChI=1S/C15H26N4/c1-5-13-17-14(16)11(4)15(18-13)19(12-6-7-12)9-8-10(2)3/h10,12H,5-9H2,1-4H3,(H2,16,17,18). The fourth-order valence-corrected chi connectivity index (χ4v) is 2.25. The summed E-state index contributed by atoms with van der Waals surface area (Å²) in [5, 5.41) is 0. The van der Waals surface area contributed by atoms with E-state index < -0.39 is 0 Å². The Hall–Kier alpha value is -1.32. The average Bonchev–Trinajstić information content (AvgIpc) is 3.18. The molecule has 0 amide bonds. The Kier molecular flexibility index (Phi) is 4.27. The molecule has 2 rings (SSSR count). The van der Waals surface area contributed by atoms with E-state index in [4.69, 9.17) is 10.7 Å². The van der Waals surface area contributed by atoms with E-state index >= 15 is 0 Å². The Morgan fingerprint density at radius 3 is 2.53 bits per heavy atom. The summed E-state index contributed by atoms with van der Waals surface area (Å²) in [6, 6.07) is 0.663. The lowest BCUT2D eigenvalue weighted by Crippen LogP contribution is -2.30. The molecule has 0 atom stereocenters. The van der Waals surface area contributed by atoms with E-state index in [1.807, 2.05) is 6.92 Å². The SMILES string of the molecule is CCc1nc(N)c(C)c(N(CCC(C)C)C2CC2)n1. The molecule has 0 saturated heterocycles. The Labute approximate surface area is 116 Å². The van der Waals surface area contributed by atoms with E-state index in [-0.39, 0.29) is 0 Å². The molecule has 0 radical (unpaired) electrons. The summed E-state index contributed by atoms with van der Waals surface area (Å²) < 4.78 is 0. The van der Waals surface area contributed by atoms with Crippen LogP contribution in [0.25, 0.3) is 0 Å². The molecule has 1 aromatic rings. The van der Waals surface area contributed by atoms with Gasteiger partial charge < -0.3 is 10.6 Å². The molecule has 4 nitrogen and oxygen atoms in total. The second kappa shape index (κ2) is 5.76. The third-order valence-corrected chi connectivity index (χ3v) is 3.73. The number of rotatable bonds is 6. The van der Waals surface area contributed by atoms with Gasteiger partial charge in [0.2, 0.25) is 0 Å². The smallest absolute Gasteiger partial charge is 0.137 e. The molecule has 1 fully saturated rings. The van der Waals surface area contributed by atoms with E-state index in [0.29, 0.717) is 17.8 Å². The van der Waals surface area contributed by atoms with Crippen molar-refractivity contribution in [3.63, 3.8) is 0 Å². The van der Waals surface area contributed by atoms with Gasteiger partial charge in [0.15, 0.2) is 0 Å². The van der Waals surface area contributed by atoms with Gasteiger partial charge >= 0.3 is 0 Å². The maximum atomic E-state index is 6.03. The van der Waals surface area contributed by atoms with Gasteiger partial charge in [-0.15, -0.1) is 0 Å². The number of aryl methyl sites for hydroxylation is 1. The highest BCUT2D eigenvalue weighted by Crippen LogP contribution is 2.34. The van der Waals surface area contributed by atoms with E-state index in [1.165, 1.54) is 19.3 Å². The monoisotopic (exact) mass is 262 g/mol. The van der Waals surface area contributed by atoms with Crippen LogP contribution < -0.4 is 10.6 Å². The molecule has 1 aromatic heterocycles. The van der Waals surface area contributed by atoms with E-state index in [2.05, 4.69) is 30.7 Å². The molecule has 0 aromatic carbocycles. The van der Waals surface area contributed by atoms with Gasteiger partial charge in [0, 0.05) is 24.6 Å². The van der Waals surface area contributed by atoms with Gasteiger partial charge in [-0.2, -0.15) is 0 Å². The van der Waals surface area contributed by atoms with Gasteiger partial charge in [-0.25, -0.2) is 9.97 Å². The van der Waals surface area contributed by atoms with Gasteiger partial charge in [-0.1, -0.05) is 20.8 Å². The van der Waals surface area contributed by atoms with Crippen molar-refractivity contribution in [2.24, 2.45) is 5.92 Å². The van der Waals surface area contributed by atoms with Crippen molar-refractivity contribution in [3.8, 4) is 0 Å². The van der Waals surface area contributed by atoms with Gasteiger partial charge in [0.1, 0.15) is 17.5 Å². The van der Waals surface area contributed by atoms with E-state index in [0.717, 1.165) is 30.2 Å². The molecule has 0 spiro atoms. The third kappa shape index (κ3) is 3.37. The Morgan fingerprint density at radius 1 is 1.32 bits per heavy atom. The quantitative estimate of drug-likeness (QED) is 0.856. The average molecular weight is 262 g/mol. The summed E-state index contributed by atoms with van der Waals surface area (Å²) >= 11 is 0. The van der Waals surface area contributed by atoms with Crippen LogP contribution in [0.3, 0.4) is 0 Å². The lowest BCUT2D eigenvalue weighted by molar-refractivity contribution is 0.567. The highest BCUT2D eigenvalue weighted by molar-refractivity contribution is 5.57. The normalized spacial score (nSPS) is 15.0. The van der Waals surface area contributed by atoms with Crippen LogP contribution in [0, 0.1) is 12.8 Å². The summed E-state index contributed by atoms with van der Waals surface area (Å²) in [4.78, 5) is 11.5. The minimum atomic E-state index is 0.636. The van der Waals surface area contributed by atoms with Gasteiger partial charge in [-0.3, -0.25) is 0 Å². The minimum Gasteiger partial charge on any atom is -0.383 e. The van der Waals surface area contributed by atoms with Crippen molar-refractivity contribution in [2.75, 3.05) is 17.2 Å². The molecule has 1 heterocycles. The minimum absolute atomic E-state index is 0.636. The molecule has 0 aliphatic heterocycles. The molecule has 1 aliphatic rings. The maximum Gasteiger partial charge on any atom is 0.137 e. The van der Waals surface area contributed by atoms with E-state index in [1.54, 1.807) is 0 Å². The van der Waals surface area contributed by atoms with Crippen LogP contribution in [0.5, 0.6) is 0 Å². The van der Waals surface area contributed by atoms with Crippen LogP contribution in [0.4, 0.5) is 11.6 Å². The first-order chi connectivity index (χ1) is 9.02. The first-order valence-corrected chi connectivity index (χ1v) is 7.42. The number of hydrogen-bond acceptors (Lipinski definition) is 4. The fraction of sp³-hybridized carbons (Fsp3) is 0.733. The van der Waals surface area contributed by atoms with Crippen molar-refractivity contribution in [2.45, 2.75) is 59.4 Å². The van der Waals surface area contributed by atoms with Crippen LogP contribution in [0.1, 0.15) is 51.4 Å². The molecule has 19 heavy (non-hydrogen) atoms. The molecule has 1 saturated carbocycles. The van der Waals surface area contributed by atoms with Crippen LogP contribution in [-0.2, 0) is 6.42 Å². The summed E-state index contributed by atoms with van der Waals surface area (Å²) in [6.45, 7) is 9.72. The number of nitrogens with zero attached hydrogens (tertiary/aromatic N) is 3. The zero-order valence-corrected chi connectivity index (χ0v) is 12.6. The van der Waals surface area contributed by atoms with Crippen molar-refractivity contribution < 1.29 is 0 Å². The molecule has 1 aliphatic carbocycles. The molecular weight excluding hydrogens is 236 g/mol. The summed E-state index contributed by atoms with van der Waals surface area (Å²) in [5.41, 5.74) is 7.07. The first-order valence-electron chi connectivity index (χ1n) is 7.42. The van der Waals surface area contributed by atoms with Crippen LogP contribution in [0.2, 0.25) is 0 Å². The van der Waals surface area contributed by atoms with Gasteiger partial charge in [0.05, 0.1) is 0 Å². The zero-order chi connectivity index (χ0) is 14.0. The summed E-state index contributed by atoms with van der Waals surface area (Å²) in [5.74, 6) is 3.27. The highest BCUT2D eigenvalue weighted by Gasteiger charge is 2.31. The number of anilines is 2. The number of nitrogens with two attached hydrogens (primary N) is 1. The van der Waals surface area contributed by atoms with Crippen molar-refractivity contribution in [3.05, 3.63) is 11.4 Å². The Balaban J connectivity index is 2.27. The molecular formula is C15H26N4. The zero-order valence-electron chi connectivity index (χ0n) is 12.6. The summed E-state index contributed by atoms with van der Waals surface area (Å²) in [6.07, 6.45) is 4.59. The lowest BCUT2D eigenvalue weighted by atomic mass is 10.1. The second-order valence-corrected chi connectivity index (χ2v) is 5.93. The van der Waals surface area contributed by atoms with E-state index in [9.17, 15) is 0 Å². The fourth-order valence-electron chi connectivity index (χ4n) is 2.25. The Bertz CT molecular complexity index is 438. The van der Waals surface area contributed by atoms with Crippen molar-refractivity contribution in [1.82, 2.24) is 9.97 Å². The van der Waals surface area contributed by atoms with Crippen molar-refractivity contribution >= 4 is 11.6 Å². The number of nitrogen functional groups attached to an aromatic ring is 1. The topological polar surface area (TPSA) is 55.0 Å². The molecule has 106 valence electrons. The third-order valence-electron chi connectivity index (χ3n) is 3.73. The van der Waals surface area contributed by atoms with Crippen molar-refractivity contribution in [1.29, 1.82) is 0 Å². The summed E-state index contributed by atoms with van der Waals surface area (Å²) in [7, 11) is 0. The largest absolute Gasteiger partial charge is 0.383 e. The highest BCUT2D eigenvalue weighted by atomic mass is 15.2. The Morgan fingerprint density at radius 2 is 2.00 bits per heavy atom. The van der Waals surface area contributed by atoms with Gasteiger partial charge in [0.25, 0.3) is 0 Å². The number of hydrogen-bond donors (Lipinski definition) is 1. The second-order valence-electron chi connectivity index (χ2n) is 5.93. The van der Waals surface area contributed by atoms with Crippen LogP contribution in [-0.4, -0.2) is 22.6 Å². The molecule has 2 N–H and O–H groups in total. The molecule has 4 heteroatoms. The predicted molar refractivity (Wildman–Crippen MR) is 80.4 cm³/mol. The maximum absolute atomic E-state index is 6.03.